The third kappa shape index (κ3) is 4.55. The second-order valence-corrected chi connectivity index (χ2v) is 7.39. The van der Waals surface area contributed by atoms with Crippen LogP contribution in [0.3, 0.4) is 0 Å². The summed E-state index contributed by atoms with van der Waals surface area (Å²) in [6.07, 6.45) is 6.90. The number of rotatable bonds is 4. The molecule has 0 amide bonds. The van der Waals surface area contributed by atoms with Crippen molar-refractivity contribution in [1.29, 1.82) is 0 Å². The third-order valence-corrected chi connectivity index (χ3v) is 4.33. The van der Waals surface area contributed by atoms with E-state index in [0.717, 1.165) is 11.3 Å². The molecule has 0 fully saturated rings. The highest BCUT2D eigenvalue weighted by atomic mass is 32.1. The molecule has 1 aromatic carbocycles. The molecule has 1 N–H and O–H groups in total. The molecule has 0 radical (unpaired) electrons. The van der Waals surface area contributed by atoms with Crippen LogP contribution < -0.4 is 19.5 Å². The molecule has 0 unspecified atom stereocenters. The van der Waals surface area contributed by atoms with E-state index in [2.05, 4.69) is 4.98 Å². The van der Waals surface area contributed by atoms with Gasteiger partial charge in [0, 0.05) is 17.1 Å². The molecule has 2 aromatic rings. The van der Waals surface area contributed by atoms with Gasteiger partial charge in [-0.05, 0) is 12.1 Å². The first kappa shape index (κ1) is 17.9. The van der Waals surface area contributed by atoms with Gasteiger partial charge in [-0.25, -0.2) is 0 Å². The van der Waals surface area contributed by atoms with Crippen LogP contribution in [0, 0.1) is 5.41 Å². The van der Waals surface area contributed by atoms with Crippen molar-refractivity contribution in [2.45, 2.75) is 20.8 Å². The van der Waals surface area contributed by atoms with Gasteiger partial charge >= 0.3 is 0 Å². The van der Waals surface area contributed by atoms with Crippen molar-refractivity contribution >= 4 is 35.3 Å². The van der Waals surface area contributed by atoms with Gasteiger partial charge in [-0.1, -0.05) is 51.1 Å². The SMILES string of the molecule is COc1ccccc1/C=C/C=c1sc(=CC(=O)C(C)(C)C)[nH]c1=O. The molecular weight excluding hydrogens is 322 g/mol. The van der Waals surface area contributed by atoms with Crippen LogP contribution in [-0.4, -0.2) is 17.9 Å². The lowest BCUT2D eigenvalue weighted by atomic mass is 9.91. The van der Waals surface area contributed by atoms with Crippen molar-refractivity contribution in [1.82, 2.24) is 4.98 Å². The van der Waals surface area contributed by atoms with E-state index >= 15 is 0 Å². The summed E-state index contributed by atoms with van der Waals surface area (Å²) in [5.74, 6) is 0.753. The molecule has 0 aliphatic carbocycles. The standard InChI is InChI=1S/C19H21NO3S/c1-19(2,3)16(21)12-17-20-18(22)15(24-17)11-7-9-13-8-5-6-10-14(13)23-4/h5-12H,1-4H3,(H,20,22)/b9-7+,15-11?,17-12?. The molecular formula is C19H21NO3S. The zero-order valence-electron chi connectivity index (χ0n) is 14.3. The van der Waals surface area contributed by atoms with Gasteiger partial charge < -0.3 is 9.72 Å². The van der Waals surface area contributed by atoms with E-state index in [4.69, 9.17) is 4.74 Å². The minimum atomic E-state index is -0.464. The predicted molar refractivity (Wildman–Crippen MR) is 99.6 cm³/mol. The van der Waals surface area contributed by atoms with Crippen LogP contribution in [0.5, 0.6) is 5.75 Å². The van der Waals surface area contributed by atoms with E-state index in [1.807, 2.05) is 51.1 Å². The molecule has 0 spiro atoms. The normalized spacial score (nSPS) is 13.7. The summed E-state index contributed by atoms with van der Waals surface area (Å²) >= 11 is 1.27. The molecule has 1 heterocycles. The molecule has 0 saturated heterocycles. The number of ketones is 1. The van der Waals surface area contributed by atoms with Gasteiger partial charge in [-0.3, -0.25) is 9.59 Å². The quantitative estimate of drug-likeness (QED) is 0.927. The number of carbonyl (C=O) groups is 1. The summed E-state index contributed by atoms with van der Waals surface area (Å²) < 4.78 is 6.40. The molecule has 2 rings (SSSR count). The van der Waals surface area contributed by atoms with Gasteiger partial charge in [-0.15, -0.1) is 11.3 Å². The number of benzene rings is 1. The van der Waals surface area contributed by atoms with Gasteiger partial charge in [0.2, 0.25) is 0 Å². The lowest BCUT2D eigenvalue weighted by Gasteiger charge is -2.12. The van der Waals surface area contributed by atoms with Gasteiger partial charge in [-0.2, -0.15) is 0 Å². The number of methoxy groups -OCH3 is 1. The highest BCUT2D eigenvalue weighted by Crippen LogP contribution is 2.18. The molecule has 1 aromatic heterocycles. The van der Waals surface area contributed by atoms with E-state index in [1.54, 1.807) is 19.3 Å². The Labute approximate surface area is 144 Å². The summed E-state index contributed by atoms with van der Waals surface area (Å²) in [5.41, 5.74) is 0.269. The van der Waals surface area contributed by atoms with Crippen molar-refractivity contribution in [2.24, 2.45) is 5.41 Å². The lowest BCUT2D eigenvalue weighted by molar-refractivity contribution is -0.119. The summed E-state index contributed by atoms with van der Waals surface area (Å²) in [4.78, 5) is 26.7. The molecule has 0 bridgehead atoms. The summed E-state index contributed by atoms with van der Waals surface area (Å²) in [5, 5.41) is 0. The zero-order valence-corrected chi connectivity index (χ0v) is 15.1. The molecule has 0 atom stereocenters. The van der Waals surface area contributed by atoms with Crippen molar-refractivity contribution in [3.8, 4) is 5.75 Å². The van der Waals surface area contributed by atoms with Crippen molar-refractivity contribution < 1.29 is 9.53 Å². The highest BCUT2D eigenvalue weighted by molar-refractivity contribution is 7.07. The van der Waals surface area contributed by atoms with Crippen LogP contribution in [0.15, 0.2) is 35.1 Å². The Kier molecular flexibility index (Phi) is 5.57. The van der Waals surface area contributed by atoms with Crippen LogP contribution in [0.1, 0.15) is 26.3 Å². The average Bonchev–Trinajstić information content (AvgIpc) is 2.86. The van der Waals surface area contributed by atoms with Gasteiger partial charge in [0.05, 0.1) is 16.3 Å². The molecule has 0 aliphatic rings. The van der Waals surface area contributed by atoms with Crippen LogP contribution >= 0.6 is 11.3 Å². The third-order valence-electron chi connectivity index (χ3n) is 3.34. The van der Waals surface area contributed by atoms with Crippen LogP contribution in [0.25, 0.3) is 18.2 Å². The number of Topliss-reactive ketones (excluding diaryl/α,β-unsaturated/α-hetero) is 1. The molecule has 126 valence electrons. The number of H-pyrrole nitrogens is 1. The fourth-order valence-electron chi connectivity index (χ4n) is 1.92. The summed E-state index contributed by atoms with van der Waals surface area (Å²) in [7, 11) is 1.62. The Hall–Kier alpha value is -2.40. The minimum absolute atomic E-state index is 0.0175. The number of ether oxygens (including phenoxy) is 1. The maximum atomic E-state index is 12.0. The number of nitrogens with one attached hydrogen (secondary N) is 1. The number of hydrogen-bond acceptors (Lipinski definition) is 4. The van der Waals surface area contributed by atoms with Gasteiger partial charge in [0.15, 0.2) is 5.78 Å². The zero-order chi connectivity index (χ0) is 17.7. The van der Waals surface area contributed by atoms with Gasteiger partial charge in [0.1, 0.15) is 5.75 Å². The number of para-hydroxylation sites is 1. The monoisotopic (exact) mass is 343 g/mol. The number of allylic oxidation sites excluding steroid dienone is 1. The number of hydrogen-bond donors (Lipinski definition) is 1. The fourth-order valence-corrected chi connectivity index (χ4v) is 2.75. The van der Waals surface area contributed by atoms with Crippen molar-refractivity contribution in [2.75, 3.05) is 7.11 Å². The topological polar surface area (TPSA) is 59.2 Å². The molecule has 24 heavy (non-hydrogen) atoms. The first-order valence-corrected chi connectivity index (χ1v) is 8.39. The van der Waals surface area contributed by atoms with Crippen molar-refractivity contribution in [3.05, 3.63) is 55.5 Å². The number of aromatic amines is 1. The maximum absolute atomic E-state index is 12.0. The Morgan fingerprint density at radius 1 is 1.25 bits per heavy atom. The van der Waals surface area contributed by atoms with Crippen molar-refractivity contribution in [3.63, 3.8) is 0 Å². The fraction of sp³-hybridized carbons (Fsp3) is 0.263. The first-order chi connectivity index (χ1) is 11.3. The van der Waals surface area contributed by atoms with Crippen LogP contribution in [0.4, 0.5) is 0 Å². The van der Waals surface area contributed by atoms with E-state index < -0.39 is 5.41 Å². The number of thiazole rings is 1. The second-order valence-electron chi connectivity index (χ2n) is 6.31. The van der Waals surface area contributed by atoms with E-state index in [0.29, 0.717) is 9.20 Å². The molecule has 5 heteroatoms. The largest absolute Gasteiger partial charge is 0.496 e. The molecule has 0 aliphatic heterocycles. The summed E-state index contributed by atoms with van der Waals surface area (Å²) in [6, 6.07) is 7.63. The van der Waals surface area contributed by atoms with Crippen LogP contribution in [-0.2, 0) is 4.79 Å². The Morgan fingerprint density at radius 2 is 1.96 bits per heavy atom. The Morgan fingerprint density at radius 3 is 2.62 bits per heavy atom. The minimum Gasteiger partial charge on any atom is -0.496 e. The summed E-state index contributed by atoms with van der Waals surface area (Å²) in [6.45, 7) is 5.54. The first-order valence-electron chi connectivity index (χ1n) is 7.58. The molecule has 0 saturated carbocycles. The smallest absolute Gasteiger partial charge is 0.266 e. The van der Waals surface area contributed by atoms with E-state index in [-0.39, 0.29) is 11.3 Å². The maximum Gasteiger partial charge on any atom is 0.266 e. The van der Waals surface area contributed by atoms with E-state index in [1.165, 1.54) is 17.4 Å². The lowest BCUT2D eigenvalue weighted by Crippen LogP contribution is -2.21. The highest BCUT2D eigenvalue weighted by Gasteiger charge is 2.18. The second kappa shape index (κ2) is 7.45. The number of carbonyl (C=O) groups excluding carboxylic acids is 1. The Balaban J connectivity index is 2.32. The Bertz CT molecular complexity index is 926. The number of aromatic nitrogens is 1. The van der Waals surface area contributed by atoms with Gasteiger partial charge in [0.25, 0.3) is 5.56 Å². The van der Waals surface area contributed by atoms with Crippen LogP contribution in [0.2, 0.25) is 0 Å². The average molecular weight is 343 g/mol. The predicted octanol–water partition coefficient (Wildman–Crippen LogP) is 2.33. The van der Waals surface area contributed by atoms with E-state index in [9.17, 15) is 9.59 Å². The molecule has 4 nitrogen and oxygen atoms in total.